The van der Waals surface area contributed by atoms with E-state index < -0.39 is 10.0 Å². The first-order valence-corrected chi connectivity index (χ1v) is 8.54. The summed E-state index contributed by atoms with van der Waals surface area (Å²) in [7, 11) is -1.91. The Morgan fingerprint density at radius 3 is 2.79 bits per heavy atom. The minimum Gasteiger partial charge on any atom is -0.497 e. The van der Waals surface area contributed by atoms with Crippen LogP contribution in [0, 0.1) is 0 Å². The molecule has 1 heterocycles. The Labute approximate surface area is 124 Å². The van der Waals surface area contributed by atoms with E-state index in [2.05, 4.69) is 20.7 Å². The van der Waals surface area contributed by atoms with Crippen LogP contribution in [0.2, 0.25) is 0 Å². The molecule has 2 aromatic rings. The average Bonchev–Trinajstić information content (AvgIpc) is 2.84. The van der Waals surface area contributed by atoms with E-state index in [1.807, 2.05) is 18.2 Å². The van der Waals surface area contributed by atoms with Gasteiger partial charge in [0.05, 0.1) is 7.11 Å². The molecule has 0 amide bonds. The zero-order valence-corrected chi connectivity index (χ0v) is 13.3. The fraction of sp³-hybridized carbons (Fsp3) is 0.167. The van der Waals surface area contributed by atoms with Gasteiger partial charge in [-0.05, 0) is 45.1 Å². The lowest BCUT2D eigenvalue weighted by Crippen LogP contribution is -2.22. The smallest absolute Gasteiger partial charge is 0.251 e. The molecule has 102 valence electrons. The molecule has 2 rings (SSSR count). The van der Waals surface area contributed by atoms with Gasteiger partial charge in [-0.25, -0.2) is 13.1 Å². The lowest BCUT2D eigenvalue weighted by Gasteiger charge is -2.07. The molecule has 1 aromatic carbocycles. The molecule has 0 aliphatic heterocycles. The third kappa shape index (κ3) is 3.56. The number of methoxy groups -OCH3 is 1. The minimum absolute atomic E-state index is 0.226. The van der Waals surface area contributed by atoms with Crippen molar-refractivity contribution < 1.29 is 13.2 Å². The maximum Gasteiger partial charge on any atom is 0.251 e. The predicted octanol–water partition coefficient (Wildman–Crippen LogP) is 3.00. The van der Waals surface area contributed by atoms with Gasteiger partial charge in [-0.2, -0.15) is 0 Å². The van der Waals surface area contributed by atoms with Crippen molar-refractivity contribution in [2.24, 2.45) is 0 Å². The van der Waals surface area contributed by atoms with Crippen LogP contribution >= 0.6 is 27.3 Å². The van der Waals surface area contributed by atoms with Crippen molar-refractivity contribution >= 4 is 37.3 Å². The van der Waals surface area contributed by atoms with Crippen LogP contribution in [-0.2, 0) is 16.6 Å². The second kappa shape index (κ2) is 6.04. The van der Waals surface area contributed by atoms with Crippen LogP contribution < -0.4 is 9.46 Å². The molecule has 1 aromatic heterocycles. The Bertz CT molecular complexity index is 667. The third-order valence-electron chi connectivity index (χ3n) is 2.43. The number of sulfonamides is 1. The second-order valence-electron chi connectivity index (χ2n) is 3.73. The molecule has 1 N–H and O–H groups in total. The molecule has 4 nitrogen and oxygen atoms in total. The van der Waals surface area contributed by atoms with Crippen molar-refractivity contribution in [1.29, 1.82) is 0 Å². The largest absolute Gasteiger partial charge is 0.497 e. The molecule has 19 heavy (non-hydrogen) atoms. The predicted molar refractivity (Wildman–Crippen MR) is 79.0 cm³/mol. The third-order valence-corrected chi connectivity index (χ3v) is 6.50. The summed E-state index contributed by atoms with van der Waals surface area (Å²) in [6.45, 7) is 0.226. The van der Waals surface area contributed by atoms with Gasteiger partial charge in [0, 0.05) is 11.0 Å². The van der Waals surface area contributed by atoms with E-state index in [4.69, 9.17) is 4.74 Å². The Kier molecular flexibility index (Phi) is 4.62. The van der Waals surface area contributed by atoms with Crippen LogP contribution in [0.5, 0.6) is 5.75 Å². The molecule has 0 aliphatic carbocycles. The van der Waals surface area contributed by atoms with Crippen LogP contribution in [0.3, 0.4) is 0 Å². The van der Waals surface area contributed by atoms with Crippen LogP contribution in [0.15, 0.2) is 44.4 Å². The van der Waals surface area contributed by atoms with Crippen LogP contribution in [0.1, 0.15) is 5.56 Å². The molecule has 0 unspecified atom stereocenters. The van der Waals surface area contributed by atoms with E-state index in [1.54, 1.807) is 24.6 Å². The van der Waals surface area contributed by atoms with Crippen LogP contribution in [-0.4, -0.2) is 15.5 Å². The number of ether oxygens (including phenoxy) is 1. The van der Waals surface area contributed by atoms with Gasteiger partial charge in [-0.1, -0.05) is 12.1 Å². The first-order valence-electron chi connectivity index (χ1n) is 5.38. The van der Waals surface area contributed by atoms with E-state index in [1.165, 1.54) is 11.3 Å². The molecular weight excluding hydrogens is 350 g/mol. The topological polar surface area (TPSA) is 55.4 Å². The highest BCUT2D eigenvalue weighted by Crippen LogP contribution is 2.27. The molecule has 0 saturated heterocycles. The Hall–Kier alpha value is -0.890. The maximum atomic E-state index is 12.1. The molecule has 0 atom stereocenters. The summed E-state index contributed by atoms with van der Waals surface area (Å²) >= 11 is 4.40. The number of benzene rings is 1. The Morgan fingerprint density at radius 2 is 2.16 bits per heavy atom. The van der Waals surface area contributed by atoms with Crippen molar-refractivity contribution in [3.8, 4) is 5.75 Å². The summed E-state index contributed by atoms with van der Waals surface area (Å²) in [4.78, 5) is 0. The fourth-order valence-corrected chi connectivity index (χ4v) is 4.90. The van der Waals surface area contributed by atoms with Gasteiger partial charge in [0.2, 0.25) is 0 Å². The highest BCUT2D eigenvalue weighted by molar-refractivity contribution is 9.10. The Balaban J connectivity index is 2.12. The molecule has 0 radical (unpaired) electrons. The molecular formula is C12H12BrNO3S2. The average molecular weight is 362 g/mol. The van der Waals surface area contributed by atoms with Crippen LogP contribution in [0.4, 0.5) is 0 Å². The normalized spacial score (nSPS) is 11.5. The summed E-state index contributed by atoms with van der Waals surface area (Å²) in [6, 6.07) is 8.99. The number of rotatable bonds is 5. The van der Waals surface area contributed by atoms with E-state index >= 15 is 0 Å². The van der Waals surface area contributed by atoms with Crippen molar-refractivity contribution in [3.63, 3.8) is 0 Å². The van der Waals surface area contributed by atoms with Crippen molar-refractivity contribution in [3.05, 3.63) is 45.7 Å². The number of hydrogen-bond acceptors (Lipinski definition) is 4. The van der Waals surface area contributed by atoms with E-state index in [-0.39, 0.29) is 10.8 Å². The van der Waals surface area contributed by atoms with Gasteiger partial charge in [0.15, 0.2) is 0 Å². The van der Waals surface area contributed by atoms with Gasteiger partial charge in [0.25, 0.3) is 10.0 Å². The first kappa shape index (κ1) is 14.5. The number of halogens is 1. The SMILES string of the molecule is COc1cccc(CNS(=O)(=O)c2sccc2Br)c1. The number of nitrogens with one attached hydrogen (secondary N) is 1. The molecule has 0 spiro atoms. The van der Waals surface area contributed by atoms with Crippen molar-refractivity contribution in [2.45, 2.75) is 10.8 Å². The monoisotopic (exact) mass is 361 g/mol. The zero-order valence-electron chi connectivity index (χ0n) is 10.1. The minimum atomic E-state index is -3.48. The van der Waals surface area contributed by atoms with Gasteiger partial charge < -0.3 is 4.74 Å². The highest BCUT2D eigenvalue weighted by atomic mass is 79.9. The fourth-order valence-electron chi connectivity index (χ4n) is 1.50. The number of thiophene rings is 1. The van der Waals surface area contributed by atoms with E-state index in [0.29, 0.717) is 10.2 Å². The quantitative estimate of drug-likeness (QED) is 0.890. The summed E-state index contributed by atoms with van der Waals surface area (Å²) in [5.41, 5.74) is 0.843. The summed E-state index contributed by atoms with van der Waals surface area (Å²) in [5.74, 6) is 0.703. The lowest BCUT2D eigenvalue weighted by molar-refractivity contribution is 0.414. The molecule has 7 heteroatoms. The van der Waals surface area contributed by atoms with Crippen molar-refractivity contribution in [2.75, 3.05) is 7.11 Å². The highest BCUT2D eigenvalue weighted by Gasteiger charge is 2.18. The zero-order chi connectivity index (χ0) is 13.9. The summed E-state index contributed by atoms with van der Waals surface area (Å²) in [6.07, 6.45) is 0. The van der Waals surface area contributed by atoms with Gasteiger partial charge in [-0.15, -0.1) is 11.3 Å². The van der Waals surface area contributed by atoms with E-state index in [0.717, 1.165) is 5.56 Å². The number of hydrogen-bond donors (Lipinski definition) is 1. The van der Waals surface area contributed by atoms with Gasteiger partial charge in [-0.3, -0.25) is 0 Å². The summed E-state index contributed by atoms with van der Waals surface area (Å²) < 4.78 is 32.7. The molecule has 0 fully saturated rings. The Morgan fingerprint density at radius 1 is 1.37 bits per heavy atom. The maximum absolute atomic E-state index is 12.1. The molecule has 0 saturated carbocycles. The second-order valence-corrected chi connectivity index (χ2v) is 7.46. The van der Waals surface area contributed by atoms with Gasteiger partial charge in [0.1, 0.15) is 9.96 Å². The van der Waals surface area contributed by atoms with E-state index in [9.17, 15) is 8.42 Å². The lowest BCUT2D eigenvalue weighted by atomic mass is 10.2. The standard InChI is InChI=1S/C12H12BrNO3S2/c1-17-10-4-2-3-9(7-10)8-14-19(15,16)12-11(13)5-6-18-12/h2-7,14H,8H2,1H3. The summed E-state index contributed by atoms with van der Waals surface area (Å²) in [5, 5.41) is 1.73. The molecule has 0 aliphatic rings. The molecule has 0 bridgehead atoms. The van der Waals surface area contributed by atoms with Crippen LogP contribution in [0.25, 0.3) is 0 Å². The van der Waals surface area contributed by atoms with Gasteiger partial charge >= 0.3 is 0 Å². The van der Waals surface area contributed by atoms with Crippen molar-refractivity contribution in [1.82, 2.24) is 4.72 Å². The first-order chi connectivity index (χ1) is 9.03.